The Bertz CT molecular complexity index is 420. The number of hydrogen-bond acceptors (Lipinski definition) is 5. The van der Waals surface area contributed by atoms with Gasteiger partial charge in [0.2, 0.25) is 0 Å². The molecule has 2 rings (SSSR count). The van der Waals surface area contributed by atoms with Crippen molar-refractivity contribution in [2.24, 2.45) is 0 Å². The molecule has 0 unspecified atom stereocenters. The molecule has 1 aromatic carbocycles. The molecular weight excluding hydrogens is 268 g/mol. The zero-order chi connectivity index (χ0) is 15.1. The average Bonchev–Trinajstić information content (AvgIpc) is 2.49. The summed E-state index contributed by atoms with van der Waals surface area (Å²) in [7, 11) is 1.62. The smallest absolute Gasteiger partial charge is 0.142 e. The first-order chi connectivity index (χ1) is 10.2. The number of β-amino-alcohol motifs (C(OH)–C–C–N with tert-alkyl or cyclic N) is 1. The molecule has 1 aromatic rings. The first-order valence-corrected chi connectivity index (χ1v) is 7.60. The minimum Gasteiger partial charge on any atom is -0.492 e. The number of methoxy groups -OCH3 is 1. The Morgan fingerprint density at radius 1 is 1.19 bits per heavy atom. The Hall–Kier alpha value is -1.30. The SMILES string of the molecule is CCOc1ccccc1N1CCN(C[C@H](O)COC)CC1. The summed E-state index contributed by atoms with van der Waals surface area (Å²) in [6, 6.07) is 8.19. The topological polar surface area (TPSA) is 45.2 Å². The molecule has 0 amide bonds. The molecule has 0 radical (unpaired) electrons. The van der Waals surface area contributed by atoms with Crippen LogP contribution in [0.1, 0.15) is 6.92 Å². The van der Waals surface area contributed by atoms with E-state index in [1.807, 2.05) is 25.1 Å². The summed E-state index contributed by atoms with van der Waals surface area (Å²) in [5.74, 6) is 0.952. The van der Waals surface area contributed by atoms with Gasteiger partial charge in [0.1, 0.15) is 5.75 Å². The predicted molar refractivity (Wildman–Crippen MR) is 84.1 cm³/mol. The maximum Gasteiger partial charge on any atom is 0.142 e. The van der Waals surface area contributed by atoms with Gasteiger partial charge in [-0.3, -0.25) is 4.90 Å². The maximum atomic E-state index is 9.80. The molecule has 1 aliphatic heterocycles. The molecule has 1 aliphatic rings. The van der Waals surface area contributed by atoms with E-state index in [1.165, 1.54) is 0 Å². The quantitative estimate of drug-likeness (QED) is 0.819. The van der Waals surface area contributed by atoms with Gasteiger partial charge in [-0.15, -0.1) is 0 Å². The molecule has 0 aliphatic carbocycles. The minimum absolute atomic E-state index is 0.396. The van der Waals surface area contributed by atoms with Gasteiger partial charge in [0.05, 0.1) is 25.0 Å². The van der Waals surface area contributed by atoms with Crippen molar-refractivity contribution in [3.63, 3.8) is 0 Å². The fourth-order valence-electron chi connectivity index (χ4n) is 2.71. The van der Waals surface area contributed by atoms with E-state index in [4.69, 9.17) is 9.47 Å². The largest absolute Gasteiger partial charge is 0.492 e. The van der Waals surface area contributed by atoms with Crippen LogP contribution in [0.4, 0.5) is 5.69 Å². The van der Waals surface area contributed by atoms with Crippen LogP contribution in [-0.2, 0) is 4.74 Å². The van der Waals surface area contributed by atoms with Crippen LogP contribution in [0.25, 0.3) is 0 Å². The molecular formula is C16H26N2O3. The van der Waals surface area contributed by atoms with Crippen LogP contribution in [0.5, 0.6) is 5.75 Å². The monoisotopic (exact) mass is 294 g/mol. The average molecular weight is 294 g/mol. The number of rotatable bonds is 7. The van der Waals surface area contributed by atoms with E-state index < -0.39 is 6.10 Å². The normalized spacial score (nSPS) is 17.8. The van der Waals surface area contributed by atoms with Crippen LogP contribution >= 0.6 is 0 Å². The molecule has 1 atom stereocenters. The summed E-state index contributed by atoms with van der Waals surface area (Å²) in [4.78, 5) is 4.63. The van der Waals surface area contributed by atoms with Crippen molar-refractivity contribution in [1.29, 1.82) is 0 Å². The third kappa shape index (κ3) is 4.59. The van der Waals surface area contributed by atoms with Crippen molar-refractivity contribution in [3.05, 3.63) is 24.3 Å². The molecule has 0 bridgehead atoms. The lowest BCUT2D eigenvalue weighted by Gasteiger charge is -2.37. The van der Waals surface area contributed by atoms with Crippen molar-refractivity contribution in [2.75, 3.05) is 57.9 Å². The first kappa shape index (κ1) is 16.1. The summed E-state index contributed by atoms with van der Waals surface area (Å²) in [5, 5.41) is 9.80. The number of ether oxygens (including phenoxy) is 2. The number of benzene rings is 1. The highest BCUT2D eigenvalue weighted by Gasteiger charge is 2.21. The molecule has 5 heteroatoms. The number of aliphatic hydroxyl groups excluding tert-OH is 1. The van der Waals surface area contributed by atoms with Crippen LogP contribution in [-0.4, -0.2) is 69.2 Å². The molecule has 0 spiro atoms. The van der Waals surface area contributed by atoms with E-state index >= 15 is 0 Å². The second-order valence-electron chi connectivity index (χ2n) is 5.30. The van der Waals surface area contributed by atoms with Crippen LogP contribution < -0.4 is 9.64 Å². The van der Waals surface area contributed by atoms with Crippen LogP contribution in [0.2, 0.25) is 0 Å². The lowest BCUT2D eigenvalue weighted by Crippen LogP contribution is -2.49. The standard InChI is InChI=1S/C16H26N2O3/c1-3-21-16-7-5-4-6-15(16)18-10-8-17(9-11-18)12-14(19)13-20-2/h4-7,14,19H,3,8-13H2,1-2H3/t14-/m0/s1. The van der Waals surface area contributed by atoms with Gasteiger partial charge in [0.15, 0.2) is 0 Å². The number of aliphatic hydroxyl groups is 1. The Balaban J connectivity index is 1.89. The van der Waals surface area contributed by atoms with Gasteiger partial charge in [-0.25, -0.2) is 0 Å². The lowest BCUT2D eigenvalue weighted by atomic mass is 10.2. The second-order valence-corrected chi connectivity index (χ2v) is 5.30. The second kappa shape index (κ2) is 8.22. The maximum absolute atomic E-state index is 9.80. The van der Waals surface area contributed by atoms with Gasteiger partial charge < -0.3 is 19.5 Å². The summed E-state index contributed by atoms with van der Waals surface area (Å²) < 4.78 is 10.7. The molecule has 1 heterocycles. The first-order valence-electron chi connectivity index (χ1n) is 7.60. The molecule has 1 fully saturated rings. The third-order valence-electron chi connectivity index (χ3n) is 3.71. The summed E-state index contributed by atoms with van der Waals surface area (Å²) >= 11 is 0. The predicted octanol–water partition coefficient (Wildman–Crippen LogP) is 1.21. The van der Waals surface area contributed by atoms with Crippen LogP contribution in [0.15, 0.2) is 24.3 Å². The fourth-order valence-corrected chi connectivity index (χ4v) is 2.71. The highest BCUT2D eigenvalue weighted by atomic mass is 16.5. The van der Waals surface area contributed by atoms with Gasteiger partial charge >= 0.3 is 0 Å². The van der Waals surface area contributed by atoms with Crippen LogP contribution in [0, 0.1) is 0 Å². The molecule has 21 heavy (non-hydrogen) atoms. The van der Waals surface area contributed by atoms with Gasteiger partial charge in [-0.05, 0) is 19.1 Å². The van der Waals surface area contributed by atoms with E-state index in [0.29, 0.717) is 19.8 Å². The summed E-state index contributed by atoms with van der Waals surface area (Å²) in [6.07, 6.45) is -0.405. The van der Waals surface area contributed by atoms with Gasteiger partial charge in [0.25, 0.3) is 0 Å². The fraction of sp³-hybridized carbons (Fsp3) is 0.625. The van der Waals surface area contributed by atoms with Gasteiger partial charge in [-0.2, -0.15) is 0 Å². The molecule has 0 saturated carbocycles. The molecule has 118 valence electrons. The summed E-state index contributed by atoms with van der Waals surface area (Å²) in [6.45, 7) is 7.55. The number of piperazine rings is 1. The van der Waals surface area contributed by atoms with E-state index in [2.05, 4.69) is 15.9 Å². The number of hydrogen-bond donors (Lipinski definition) is 1. The minimum atomic E-state index is -0.405. The van der Waals surface area contributed by atoms with Crippen LogP contribution in [0.3, 0.4) is 0 Å². The van der Waals surface area contributed by atoms with Crippen molar-refractivity contribution < 1.29 is 14.6 Å². The van der Waals surface area contributed by atoms with Crippen molar-refractivity contribution in [1.82, 2.24) is 4.90 Å². The van der Waals surface area contributed by atoms with Gasteiger partial charge in [-0.1, -0.05) is 12.1 Å². The lowest BCUT2D eigenvalue weighted by molar-refractivity contribution is 0.0365. The highest BCUT2D eigenvalue weighted by molar-refractivity contribution is 5.58. The summed E-state index contributed by atoms with van der Waals surface area (Å²) in [5.41, 5.74) is 1.16. The molecule has 0 aromatic heterocycles. The van der Waals surface area contributed by atoms with Crippen molar-refractivity contribution >= 4 is 5.69 Å². The Kier molecular flexibility index (Phi) is 6.29. The molecule has 1 N–H and O–H groups in total. The third-order valence-corrected chi connectivity index (χ3v) is 3.71. The number of anilines is 1. The molecule has 5 nitrogen and oxygen atoms in total. The van der Waals surface area contributed by atoms with E-state index in [9.17, 15) is 5.11 Å². The van der Waals surface area contributed by atoms with Crippen molar-refractivity contribution in [3.8, 4) is 5.75 Å². The van der Waals surface area contributed by atoms with E-state index in [0.717, 1.165) is 37.6 Å². The van der Waals surface area contributed by atoms with E-state index in [-0.39, 0.29) is 0 Å². The van der Waals surface area contributed by atoms with Gasteiger partial charge in [0, 0.05) is 39.8 Å². The highest BCUT2D eigenvalue weighted by Crippen LogP contribution is 2.28. The van der Waals surface area contributed by atoms with E-state index in [1.54, 1.807) is 7.11 Å². The molecule has 1 saturated heterocycles. The Morgan fingerprint density at radius 2 is 1.90 bits per heavy atom. The van der Waals surface area contributed by atoms with Crippen molar-refractivity contribution in [2.45, 2.75) is 13.0 Å². The number of nitrogens with zero attached hydrogens (tertiary/aromatic N) is 2. The zero-order valence-electron chi connectivity index (χ0n) is 13.0. The zero-order valence-corrected chi connectivity index (χ0v) is 13.0. The Labute approximate surface area is 127 Å². The Morgan fingerprint density at radius 3 is 2.57 bits per heavy atom. The number of para-hydroxylation sites is 2.